The molecule has 2 heteroatoms. The maximum Gasteiger partial charge on any atom is 0.253 e. The molecule has 0 aromatic heterocycles. The molecular formula is C13H15NO. The maximum absolute atomic E-state index is 12.1. The maximum atomic E-state index is 12.1. The van der Waals surface area contributed by atoms with Crippen LogP contribution in [-0.4, -0.2) is 23.9 Å². The van der Waals surface area contributed by atoms with Crippen molar-refractivity contribution >= 4 is 5.91 Å². The van der Waals surface area contributed by atoms with Crippen LogP contribution < -0.4 is 0 Å². The molecule has 1 aliphatic carbocycles. The van der Waals surface area contributed by atoms with Crippen LogP contribution in [0.25, 0.3) is 0 Å². The smallest absolute Gasteiger partial charge is 0.253 e. The first-order valence-electron chi connectivity index (χ1n) is 5.60. The van der Waals surface area contributed by atoms with Crippen LogP contribution in [0.3, 0.4) is 0 Å². The van der Waals surface area contributed by atoms with Gasteiger partial charge in [-0.25, -0.2) is 0 Å². The lowest BCUT2D eigenvalue weighted by Crippen LogP contribution is -2.30. The summed E-state index contributed by atoms with van der Waals surface area (Å²) in [6, 6.07) is 7.87. The largest absolute Gasteiger partial charge is 0.338 e. The molecule has 0 spiro atoms. The van der Waals surface area contributed by atoms with Crippen LogP contribution in [0, 0.1) is 18.8 Å². The molecule has 1 saturated heterocycles. The van der Waals surface area contributed by atoms with Gasteiger partial charge in [0.2, 0.25) is 0 Å². The Morgan fingerprint density at radius 3 is 2.40 bits per heavy atom. The van der Waals surface area contributed by atoms with Gasteiger partial charge in [0.05, 0.1) is 0 Å². The number of piperidine rings is 1. The summed E-state index contributed by atoms with van der Waals surface area (Å²) in [6.07, 6.45) is 1.34. The highest BCUT2D eigenvalue weighted by atomic mass is 16.2. The molecule has 1 saturated carbocycles. The molecule has 1 heterocycles. The number of rotatable bonds is 1. The lowest BCUT2D eigenvalue weighted by Gasteiger charge is -2.17. The van der Waals surface area contributed by atoms with E-state index in [0.29, 0.717) is 0 Å². The number of aryl methyl sites for hydroxylation is 1. The van der Waals surface area contributed by atoms with E-state index >= 15 is 0 Å². The minimum absolute atomic E-state index is 0.210. The van der Waals surface area contributed by atoms with Crippen molar-refractivity contribution < 1.29 is 4.79 Å². The molecular weight excluding hydrogens is 186 g/mol. The van der Waals surface area contributed by atoms with Crippen molar-refractivity contribution in [3.63, 3.8) is 0 Å². The zero-order valence-corrected chi connectivity index (χ0v) is 8.94. The summed E-state index contributed by atoms with van der Waals surface area (Å²) in [5, 5.41) is 0. The second kappa shape index (κ2) is 3.09. The molecule has 0 radical (unpaired) electrons. The molecule has 1 aromatic rings. The van der Waals surface area contributed by atoms with Crippen molar-refractivity contribution in [2.45, 2.75) is 13.3 Å². The number of carbonyl (C=O) groups is 1. The van der Waals surface area contributed by atoms with Gasteiger partial charge in [0.25, 0.3) is 5.91 Å². The van der Waals surface area contributed by atoms with E-state index in [1.54, 1.807) is 0 Å². The predicted octanol–water partition coefficient (Wildman–Crippen LogP) is 2.09. The van der Waals surface area contributed by atoms with Gasteiger partial charge in [-0.05, 0) is 37.3 Å². The van der Waals surface area contributed by atoms with Crippen molar-refractivity contribution in [3.8, 4) is 0 Å². The third-order valence-corrected chi connectivity index (χ3v) is 3.56. The fourth-order valence-corrected chi connectivity index (χ4v) is 2.44. The van der Waals surface area contributed by atoms with E-state index < -0.39 is 0 Å². The van der Waals surface area contributed by atoms with Gasteiger partial charge in [0.15, 0.2) is 0 Å². The summed E-state index contributed by atoms with van der Waals surface area (Å²) in [4.78, 5) is 14.1. The van der Waals surface area contributed by atoms with Gasteiger partial charge in [0, 0.05) is 18.7 Å². The third kappa shape index (κ3) is 1.54. The molecule has 1 amide bonds. The van der Waals surface area contributed by atoms with Gasteiger partial charge in [-0.15, -0.1) is 0 Å². The van der Waals surface area contributed by atoms with Crippen molar-refractivity contribution in [1.29, 1.82) is 0 Å². The van der Waals surface area contributed by atoms with E-state index in [1.165, 1.54) is 12.0 Å². The molecule has 78 valence electrons. The first kappa shape index (κ1) is 8.96. The van der Waals surface area contributed by atoms with Crippen LogP contribution in [0.4, 0.5) is 0 Å². The van der Waals surface area contributed by atoms with Gasteiger partial charge in [-0.2, -0.15) is 0 Å². The molecule has 0 bridgehead atoms. The zero-order valence-electron chi connectivity index (χ0n) is 8.94. The van der Waals surface area contributed by atoms with Gasteiger partial charge >= 0.3 is 0 Å². The summed E-state index contributed by atoms with van der Waals surface area (Å²) >= 11 is 0. The monoisotopic (exact) mass is 201 g/mol. The second-order valence-electron chi connectivity index (χ2n) is 4.83. The molecule has 15 heavy (non-hydrogen) atoms. The zero-order chi connectivity index (χ0) is 10.4. The fourth-order valence-electron chi connectivity index (χ4n) is 2.44. The minimum Gasteiger partial charge on any atom is -0.338 e. The highest BCUT2D eigenvalue weighted by Gasteiger charge is 2.46. The van der Waals surface area contributed by atoms with Crippen LogP contribution in [0.1, 0.15) is 22.3 Å². The Bertz CT molecular complexity index is 386. The number of carbonyl (C=O) groups excluding carboxylic acids is 1. The van der Waals surface area contributed by atoms with Gasteiger partial charge in [-0.3, -0.25) is 4.79 Å². The second-order valence-corrected chi connectivity index (χ2v) is 4.83. The number of hydrogen-bond acceptors (Lipinski definition) is 1. The highest BCUT2D eigenvalue weighted by molar-refractivity contribution is 5.94. The molecule has 0 N–H and O–H groups in total. The molecule has 2 unspecified atom stereocenters. The number of likely N-dealkylation sites (tertiary alicyclic amines) is 1. The first-order chi connectivity index (χ1) is 7.24. The van der Waals surface area contributed by atoms with Gasteiger partial charge in [-0.1, -0.05) is 17.7 Å². The van der Waals surface area contributed by atoms with Crippen molar-refractivity contribution in [2.24, 2.45) is 11.8 Å². The fraction of sp³-hybridized carbons (Fsp3) is 0.462. The Labute approximate surface area is 89.9 Å². The van der Waals surface area contributed by atoms with E-state index in [0.717, 1.165) is 30.5 Å². The number of amides is 1. The number of nitrogens with zero attached hydrogens (tertiary/aromatic N) is 1. The van der Waals surface area contributed by atoms with E-state index in [9.17, 15) is 4.79 Å². The summed E-state index contributed by atoms with van der Waals surface area (Å²) in [5.74, 6) is 1.85. The van der Waals surface area contributed by atoms with Crippen molar-refractivity contribution in [3.05, 3.63) is 35.4 Å². The van der Waals surface area contributed by atoms with Crippen LogP contribution in [0.5, 0.6) is 0 Å². The SMILES string of the molecule is Cc1ccc(C(=O)N2CC3CC3C2)cc1. The van der Waals surface area contributed by atoms with Crippen LogP contribution in [0.15, 0.2) is 24.3 Å². The highest BCUT2D eigenvalue weighted by Crippen LogP contribution is 2.45. The topological polar surface area (TPSA) is 20.3 Å². The molecule has 1 aliphatic heterocycles. The van der Waals surface area contributed by atoms with E-state index in [2.05, 4.69) is 0 Å². The van der Waals surface area contributed by atoms with Gasteiger partial charge in [0.1, 0.15) is 0 Å². The standard InChI is InChI=1S/C13H15NO/c1-9-2-4-10(5-3-9)13(15)14-7-11-6-12(11)8-14/h2-5,11-12H,6-8H2,1H3. The number of fused-ring (bicyclic) bond motifs is 1. The Balaban J connectivity index is 1.76. The van der Waals surface area contributed by atoms with E-state index in [1.807, 2.05) is 36.1 Å². The predicted molar refractivity (Wildman–Crippen MR) is 58.7 cm³/mol. The van der Waals surface area contributed by atoms with Crippen LogP contribution in [0.2, 0.25) is 0 Å². The van der Waals surface area contributed by atoms with E-state index in [-0.39, 0.29) is 5.91 Å². The Morgan fingerprint density at radius 2 is 1.80 bits per heavy atom. The van der Waals surface area contributed by atoms with Gasteiger partial charge < -0.3 is 4.90 Å². The normalized spacial score (nSPS) is 27.7. The van der Waals surface area contributed by atoms with E-state index in [4.69, 9.17) is 0 Å². The summed E-state index contributed by atoms with van der Waals surface area (Å²) < 4.78 is 0. The molecule has 2 fully saturated rings. The third-order valence-electron chi connectivity index (χ3n) is 3.56. The van der Waals surface area contributed by atoms with Crippen molar-refractivity contribution in [1.82, 2.24) is 4.90 Å². The summed E-state index contributed by atoms with van der Waals surface area (Å²) in [5.41, 5.74) is 2.04. The first-order valence-corrected chi connectivity index (χ1v) is 5.60. The number of benzene rings is 1. The summed E-state index contributed by atoms with van der Waals surface area (Å²) in [7, 11) is 0. The summed E-state index contributed by atoms with van der Waals surface area (Å²) in [6.45, 7) is 4.01. The molecule has 3 rings (SSSR count). The Hall–Kier alpha value is -1.31. The van der Waals surface area contributed by atoms with Crippen LogP contribution in [-0.2, 0) is 0 Å². The molecule has 1 aromatic carbocycles. The Morgan fingerprint density at radius 1 is 1.20 bits per heavy atom. The number of hydrogen-bond donors (Lipinski definition) is 0. The quantitative estimate of drug-likeness (QED) is 0.681. The van der Waals surface area contributed by atoms with Crippen molar-refractivity contribution in [2.75, 3.05) is 13.1 Å². The Kier molecular flexibility index (Phi) is 1.84. The molecule has 2 nitrogen and oxygen atoms in total. The lowest BCUT2D eigenvalue weighted by atomic mass is 10.1. The van der Waals surface area contributed by atoms with Crippen LogP contribution >= 0.6 is 0 Å². The molecule has 2 aliphatic rings. The average Bonchev–Trinajstić information content (AvgIpc) is 2.86. The average molecular weight is 201 g/mol. The lowest BCUT2D eigenvalue weighted by molar-refractivity contribution is 0.0775. The minimum atomic E-state index is 0.210. The molecule has 2 atom stereocenters.